The molecule has 2 heterocycles. The molecule has 1 aromatic carbocycles. The fraction of sp³-hybridized carbons (Fsp3) is 0.500. The van der Waals surface area contributed by atoms with Crippen molar-refractivity contribution in [2.45, 2.75) is 32.2 Å². The number of piperidine rings is 1. The normalized spacial score (nSPS) is 19.2. The van der Waals surface area contributed by atoms with E-state index in [2.05, 4.69) is 0 Å². The molecule has 2 aliphatic rings. The van der Waals surface area contributed by atoms with Crippen molar-refractivity contribution in [1.82, 2.24) is 14.7 Å². The lowest BCUT2D eigenvalue weighted by Gasteiger charge is -2.42. The third kappa shape index (κ3) is 4.19. The van der Waals surface area contributed by atoms with Crippen LogP contribution in [0.15, 0.2) is 36.4 Å². The van der Waals surface area contributed by atoms with E-state index in [9.17, 15) is 19.5 Å². The lowest BCUT2D eigenvalue weighted by molar-refractivity contribution is -0.139. The second-order valence-corrected chi connectivity index (χ2v) is 8.07. The number of rotatable bonds is 6. The Labute approximate surface area is 171 Å². The summed E-state index contributed by atoms with van der Waals surface area (Å²) in [5.41, 5.74) is 0.0462. The SMILES string of the molecule is CC(C)CN1C(=O)N(CCO)C(=O)C12CCN(C(=O)/C=C/c1ccccc1)CC2. The Morgan fingerprint density at radius 3 is 2.41 bits per heavy atom. The zero-order valence-corrected chi connectivity index (χ0v) is 17.1. The number of urea groups is 1. The Kier molecular flexibility index (Phi) is 6.37. The molecule has 0 unspecified atom stereocenters. The minimum atomic E-state index is -0.906. The molecule has 0 aromatic heterocycles. The predicted octanol–water partition coefficient (Wildman–Crippen LogP) is 1.97. The van der Waals surface area contributed by atoms with Gasteiger partial charge in [0.05, 0.1) is 13.2 Å². The van der Waals surface area contributed by atoms with Gasteiger partial charge in [0, 0.05) is 25.7 Å². The largest absolute Gasteiger partial charge is 0.395 e. The highest BCUT2D eigenvalue weighted by molar-refractivity contribution is 6.07. The van der Waals surface area contributed by atoms with Gasteiger partial charge in [0.15, 0.2) is 0 Å². The van der Waals surface area contributed by atoms with Crippen LogP contribution in [0, 0.1) is 5.92 Å². The van der Waals surface area contributed by atoms with Gasteiger partial charge in [-0.25, -0.2) is 4.79 Å². The van der Waals surface area contributed by atoms with Crippen LogP contribution in [0.1, 0.15) is 32.3 Å². The van der Waals surface area contributed by atoms with Crippen molar-refractivity contribution in [2.24, 2.45) is 5.92 Å². The van der Waals surface area contributed by atoms with Gasteiger partial charge in [-0.1, -0.05) is 44.2 Å². The maximum absolute atomic E-state index is 13.1. The van der Waals surface area contributed by atoms with E-state index in [1.165, 1.54) is 0 Å². The van der Waals surface area contributed by atoms with Gasteiger partial charge in [0.2, 0.25) is 5.91 Å². The zero-order valence-electron chi connectivity index (χ0n) is 17.1. The van der Waals surface area contributed by atoms with Crippen LogP contribution in [0.4, 0.5) is 4.79 Å². The number of hydrogen-bond acceptors (Lipinski definition) is 4. The average Bonchev–Trinajstić information content (AvgIpc) is 2.90. The van der Waals surface area contributed by atoms with Gasteiger partial charge in [-0.2, -0.15) is 0 Å². The molecule has 156 valence electrons. The summed E-state index contributed by atoms with van der Waals surface area (Å²) in [5, 5.41) is 9.26. The smallest absolute Gasteiger partial charge is 0.327 e. The summed E-state index contributed by atoms with van der Waals surface area (Å²) >= 11 is 0. The highest BCUT2D eigenvalue weighted by Gasteiger charge is 2.57. The molecule has 2 saturated heterocycles. The van der Waals surface area contributed by atoms with Crippen LogP contribution in [-0.4, -0.2) is 76.0 Å². The quantitative estimate of drug-likeness (QED) is 0.586. The van der Waals surface area contributed by atoms with E-state index in [4.69, 9.17) is 0 Å². The highest BCUT2D eigenvalue weighted by Crippen LogP contribution is 2.37. The Morgan fingerprint density at radius 1 is 1.17 bits per heavy atom. The number of carbonyl (C=O) groups is 3. The number of aliphatic hydroxyl groups is 1. The molecule has 29 heavy (non-hydrogen) atoms. The van der Waals surface area contributed by atoms with Crippen molar-refractivity contribution < 1.29 is 19.5 Å². The summed E-state index contributed by atoms with van der Waals surface area (Å²) in [7, 11) is 0. The molecule has 1 N–H and O–H groups in total. The van der Waals surface area contributed by atoms with Gasteiger partial charge in [0.1, 0.15) is 5.54 Å². The highest BCUT2D eigenvalue weighted by atomic mass is 16.3. The summed E-state index contributed by atoms with van der Waals surface area (Å²) in [5.74, 6) is -0.126. The standard InChI is InChI=1S/C22H29N3O4/c1-17(2)16-25-21(29)24(14-15-26)20(28)22(25)10-12-23(13-11-22)19(27)9-8-18-6-4-3-5-7-18/h3-9,17,26H,10-16H2,1-2H3/b9-8+. The predicted molar refractivity (Wildman–Crippen MR) is 110 cm³/mol. The number of hydrogen-bond donors (Lipinski definition) is 1. The van der Waals surface area contributed by atoms with Crippen molar-refractivity contribution in [3.8, 4) is 0 Å². The fourth-order valence-corrected chi connectivity index (χ4v) is 4.12. The average molecular weight is 399 g/mol. The van der Waals surface area contributed by atoms with E-state index in [1.807, 2.05) is 44.2 Å². The molecular weight excluding hydrogens is 370 g/mol. The van der Waals surface area contributed by atoms with Crippen molar-refractivity contribution in [3.63, 3.8) is 0 Å². The number of nitrogens with zero attached hydrogens (tertiary/aromatic N) is 3. The molecular formula is C22H29N3O4. The van der Waals surface area contributed by atoms with Gasteiger partial charge >= 0.3 is 6.03 Å². The third-order valence-corrected chi connectivity index (χ3v) is 5.61. The van der Waals surface area contributed by atoms with E-state index in [0.29, 0.717) is 32.5 Å². The zero-order chi connectivity index (χ0) is 21.0. The van der Waals surface area contributed by atoms with Crippen LogP contribution >= 0.6 is 0 Å². The van der Waals surface area contributed by atoms with Gasteiger partial charge in [0.25, 0.3) is 5.91 Å². The number of amides is 4. The third-order valence-electron chi connectivity index (χ3n) is 5.61. The Bertz CT molecular complexity index is 783. The monoisotopic (exact) mass is 399 g/mol. The molecule has 0 aliphatic carbocycles. The summed E-state index contributed by atoms with van der Waals surface area (Å²) in [6.45, 7) is 5.08. The molecule has 4 amide bonds. The van der Waals surface area contributed by atoms with Crippen LogP contribution in [0.3, 0.4) is 0 Å². The van der Waals surface area contributed by atoms with Crippen LogP contribution in [0.25, 0.3) is 6.08 Å². The summed E-state index contributed by atoms with van der Waals surface area (Å²) in [4.78, 5) is 43.0. The van der Waals surface area contributed by atoms with Gasteiger partial charge in [-0.15, -0.1) is 0 Å². The number of aliphatic hydroxyl groups excluding tert-OH is 1. The first kappa shape index (κ1) is 21.0. The number of imide groups is 1. The van der Waals surface area contributed by atoms with E-state index in [0.717, 1.165) is 10.5 Å². The summed E-state index contributed by atoms with van der Waals surface area (Å²) < 4.78 is 0. The number of carbonyl (C=O) groups excluding carboxylic acids is 3. The first-order chi connectivity index (χ1) is 13.9. The molecule has 1 spiro atoms. The molecule has 2 fully saturated rings. The van der Waals surface area contributed by atoms with Crippen LogP contribution < -0.4 is 0 Å². The molecule has 7 heteroatoms. The van der Waals surface area contributed by atoms with E-state index >= 15 is 0 Å². The van der Waals surface area contributed by atoms with E-state index < -0.39 is 5.54 Å². The molecule has 0 saturated carbocycles. The number of benzene rings is 1. The molecule has 7 nitrogen and oxygen atoms in total. The minimum absolute atomic E-state index is 0.0104. The molecule has 0 atom stereocenters. The maximum Gasteiger partial charge on any atom is 0.327 e. The molecule has 0 bridgehead atoms. The molecule has 1 aromatic rings. The van der Waals surface area contributed by atoms with Gasteiger partial charge < -0.3 is 14.9 Å². The summed E-state index contributed by atoms with van der Waals surface area (Å²) in [6.07, 6.45) is 4.16. The first-order valence-electron chi connectivity index (χ1n) is 10.2. The lowest BCUT2D eigenvalue weighted by atomic mass is 9.85. The second kappa shape index (κ2) is 8.78. The van der Waals surface area contributed by atoms with Crippen molar-refractivity contribution in [1.29, 1.82) is 0 Å². The van der Waals surface area contributed by atoms with Crippen molar-refractivity contribution in [3.05, 3.63) is 42.0 Å². The van der Waals surface area contributed by atoms with Crippen molar-refractivity contribution >= 4 is 23.9 Å². The van der Waals surface area contributed by atoms with Gasteiger partial charge in [-0.3, -0.25) is 14.5 Å². The van der Waals surface area contributed by atoms with E-state index in [1.54, 1.807) is 22.0 Å². The Hall–Kier alpha value is -2.67. The fourth-order valence-electron chi connectivity index (χ4n) is 4.12. The molecule has 3 rings (SSSR count). The maximum atomic E-state index is 13.1. The first-order valence-corrected chi connectivity index (χ1v) is 10.2. The lowest BCUT2D eigenvalue weighted by Crippen LogP contribution is -2.57. The Morgan fingerprint density at radius 2 is 1.83 bits per heavy atom. The molecule has 2 aliphatic heterocycles. The van der Waals surface area contributed by atoms with Crippen LogP contribution in [-0.2, 0) is 9.59 Å². The van der Waals surface area contributed by atoms with E-state index in [-0.39, 0.29) is 36.9 Å². The second-order valence-electron chi connectivity index (χ2n) is 8.07. The number of β-amino-alcohol motifs (C(OH)–C–C–N with tert-alkyl or cyclic N) is 1. The Balaban J connectivity index is 1.72. The van der Waals surface area contributed by atoms with Crippen LogP contribution in [0.5, 0.6) is 0 Å². The summed E-state index contributed by atoms with van der Waals surface area (Å²) in [6, 6.07) is 9.28. The molecule has 0 radical (unpaired) electrons. The minimum Gasteiger partial charge on any atom is -0.395 e. The topological polar surface area (TPSA) is 81.2 Å². The van der Waals surface area contributed by atoms with Gasteiger partial charge in [-0.05, 0) is 30.4 Å². The van der Waals surface area contributed by atoms with Crippen molar-refractivity contribution in [2.75, 3.05) is 32.8 Å². The number of likely N-dealkylation sites (tertiary alicyclic amines) is 1. The van der Waals surface area contributed by atoms with Crippen LogP contribution in [0.2, 0.25) is 0 Å².